The first kappa shape index (κ1) is 15.8. The van der Waals surface area contributed by atoms with Crippen molar-refractivity contribution in [2.45, 2.75) is 6.54 Å². The Hall–Kier alpha value is -3.74. The number of aromatic amines is 1. The average Bonchev–Trinajstić information content (AvgIpc) is 3.22. The van der Waals surface area contributed by atoms with Gasteiger partial charge in [-0.25, -0.2) is 9.67 Å². The molecule has 0 aliphatic heterocycles. The van der Waals surface area contributed by atoms with Crippen molar-refractivity contribution in [2.24, 2.45) is 0 Å². The van der Waals surface area contributed by atoms with Crippen molar-refractivity contribution >= 4 is 16.8 Å². The third-order valence-electron chi connectivity index (χ3n) is 4.04. The molecule has 26 heavy (non-hydrogen) atoms. The number of nitrogens with one attached hydrogen (secondary N) is 2. The van der Waals surface area contributed by atoms with Crippen LogP contribution in [-0.2, 0) is 6.54 Å². The standard InChI is InChI=1S/C19H15N5O2/c25-18-14-4-1-2-5-16(14)21-12-15(18)19(26)22-11-13-6-8-20-17(10-13)24-9-3-7-23-24/h1-10,12H,11H2,(H,21,25)(H,22,26). The van der Waals surface area contributed by atoms with Crippen LogP contribution in [0.15, 0.2) is 72.0 Å². The van der Waals surface area contributed by atoms with E-state index >= 15 is 0 Å². The van der Waals surface area contributed by atoms with E-state index in [0.29, 0.717) is 16.7 Å². The lowest BCUT2D eigenvalue weighted by molar-refractivity contribution is 0.0949. The van der Waals surface area contributed by atoms with Crippen molar-refractivity contribution in [1.82, 2.24) is 25.1 Å². The monoisotopic (exact) mass is 345 g/mol. The summed E-state index contributed by atoms with van der Waals surface area (Å²) in [5, 5.41) is 7.40. The fourth-order valence-corrected chi connectivity index (χ4v) is 2.71. The second kappa shape index (κ2) is 6.64. The summed E-state index contributed by atoms with van der Waals surface area (Å²) in [6.45, 7) is 0.280. The van der Waals surface area contributed by atoms with Gasteiger partial charge in [-0.3, -0.25) is 9.59 Å². The van der Waals surface area contributed by atoms with Crippen LogP contribution >= 0.6 is 0 Å². The van der Waals surface area contributed by atoms with Gasteiger partial charge in [-0.15, -0.1) is 0 Å². The van der Waals surface area contributed by atoms with Crippen LogP contribution < -0.4 is 10.7 Å². The number of hydrogen-bond acceptors (Lipinski definition) is 4. The number of benzene rings is 1. The lowest BCUT2D eigenvalue weighted by Crippen LogP contribution is -2.28. The van der Waals surface area contributed by atoms with Crippen LogP contribution in [0.3, 0.4) is 0 Å². The Morgan fingerprint density at radius 2 is 2.04 bits per heavy atom. The van der Waals surface area contributed by atoms with Crippen LogP contribution in [0.4, 0.5) is 0 Å². The molecule has 0 spiro atoms. The number of rotatable bonds is 4. The van der Waals surface area contributed by atoms with Gasteiger partial charge in [-0.1, -0.05) is 12.1 Å². The molecule has 4 rings (SSSR count). The van der Waals surface area contributed by atoms with Crippen molar-refractivity contribution in [3.63, 3.8) is 0 Å². The summed E-state index contributed by atoms with van der Waals surface area (Å²) in [5.41, 5.74) is 1.36. The van der Waals surface area contributed by atoms with Crippen LogP contribution in [0.1, 0.15) is 15.9 Å². The van der Waals surface area contributed by atoms with Gasteiger partial charge in [0.05, 0.1) is 0 Å². The Morgan fingerprint density at radius 1 is 1.15 bits per heavy atom. The fraction of sp³-hybridized carbons (Fsp3) is 0.0526. The van der Waals surface area contributed by atoms with E-state index in [1.807, 2.05) is 18.2 Å². The summed E-state index contributed by atoms with van der Waals surface area (Å²) >= 11 is 0. The molecule has 0 aliphatic carbocycles. The Labute approximate surface area is 148 Å². The van der Waals surface area contributed by atoms with Crippen LogP contribution in [0, 0.1) is 0 Å². The molecule has 0 fully saturated rings. The highest BCUT2D eigenvalue weighted by molar-refractivity contribution is 5.97. The molecular weight excluding hydrogens is 330 g/mol. The molecule has 0 aliphatic rings. The highest BCUT2D eigenvalue weighted by Gasteiger charge is 2.12. The predicted molar refractivity (Wildman–Crippen MR) is 97.1 cm³/mol. The third-order valence-corrected chi connectivity index (χ3v) is 4.04. The van der Waals surface area contributed by atoms with Gasteiger partial charge in [-0.2, -0.15) is 5.10 Å². The first-order chi connectivity index (χ1) is 12.7. The second-order valence-electron chi connectivity index (χ2n) is 5.73. The van der Waals surface area contributed by atoms with E-state index in [1.165, 1.54) is 6.20 Å². The maximum atomic E-state index is 12.5. The van der Waals surface area contributed by atoms with Crippen molar-refractivity contribution in [1.29, 1.82) is 0 Å². The largest absolute Gasteiger partial charge is 0.360 e. The van der Waals surface area contributed by atoms with Gasteiger partial charge in [-0.05, 0) is 35.9 Å². The van der Waals surface area contributed by atoms with E-state index < -0.39 is 5.91 Å². The van der Waals surface area contributed by atoms with Crippen LogP contribution in [0.5, 0.6) is 0 Å². The molecular formula is C19H15N5O2. The number of para-hydroxylation sites is 1. The summed E-state index contributed by atoms with van der Waals surface area (Å²) in [6, 6.07) is 12.5. The average molecular weight is 345 g/mol. The summed E-state index contributed by atoms with van der Waals surface area (Å²) < 4.78 is 1.64. The molecule has 1 amide bonds. The van der Waals surface area contributed by atoms with Gasteiger partial charge in [0.15, 0.2) is 5.82 Å². The normalized spacial score (nSPS) is 10.8. The first-order valence-electron chi connectivity index (χ1n) is 8.06. The zero-order chi connectivity index (χ0) is 17.9. The molecule has 0 saturated carbocycles. The van der Waals surface area contributed by atoms with Crippen molar-refractivity contribution in [3.05, 3.63) is 88.6 Å². The summed E-state index contributed by atoms with van der Waals surface area (Å²) in [7, 11) is 0. The minimum atomic E-state index is -0.422. The number of aromatic nitrogens is 4. The smallest absolute Gasteiger partial charge is 0.257 e. The van der Waals surface area contributed by atoms with E-state index in [2.05, 4.69) is 20.4 Å². The highest BCUT2D eigenvalue weighted by Crippen LogP contribution is 2.08. The van der Waals surface area contributed by atoms with E-state index in [0.717, 1.165) is 5.56 Å². The number of carbonyl (C=O) groups excluding carboxylic acids is 1. The zero-order valence-electron chi connectivity index (χ0n) is 13.7. The summed E-state index contributed by atoms with van der Waals surface area (Å²) in [5.74, 6) is 0.236. The van der Waals surface area contributed by atoms with Gasteiger partial charge in [0.1, 0.15) is 5.56 Å². The molecule has 0 atom stereocenters. The van der Waals surface area contributed by atoms with E-state index in [-0.39, 0.29) is 17.5 Å². The molecule has 0 radical (unpaired) electrons. The van der Waals surface area contributed by atoms with Gasteiger partial charge in [0, 0.05) is 42.2 Å². The lowest BCUT2D eigenvalue weighted by Gasteiger charge is -2.07. The molecule has 7 heteroatoms. The number of amides is 1. The van der Waals surface area contributed by atoms with Gasteiger partial charge < -0.3 is 10.3 Å². The quantitative estimate of drug-likeness (QED) is 0.592. The minimum absolute atomic E-state index is 0.0880. The fourth-order valence-electron chi connectivity index (χ4n) is 2.71. The number of fused-ring (bicyclic) bond motifs is 1. The van der Waals surface area contributed by atoms with Crippen LogP contribution in [-0.4, -0.2) is 25.7 Å². The Bertz CT molecular complexity index is 1130. The molecule has 0 unspecified atom stereocenters. The molecule has 0 bridgehead atoms. The molecule has 0 saturated heterocycles. The molecule has 1 aromatic carbocycles. The Morgan fingerprint density at radius 3 is 2.88 bits per heavy atom. The van der Waals surface area contributed by atoms with E-state index in [1.54, 1.807) is 47.5 Å². The maximum Gasteiger partial charge on any atom is 0.257 e. The number of nitrogens with zero attached hydrogens (tertiary/aromatic N) is 3. The highest BCUT2D eigenvalue weighted by atomic mass is 16.2. The Kier molecular flexibility index (Phi) is 4.03. The van der Waals surface area contributed by atoms with E-state index in [4.69, 9.17) is 0 Å². The summed E-state index contributed by atoms with van der Waals surface area (Å²) in [4.78, 5) is 32.2. The molecule has 128 valence electrons. The van der Waals surface area contributed by atoms with Gasteiger partial charge in [0.25, 0.3) is 5.91 Å². The number of hydrogen-bond donors (Lipinski definition) is 2. The van der Waals surface area contributed by atoms with Crippen molar-refractivity contribution in [2.75, 3.05) is 0 Å². The van der Waals surface area contributed by atoms with Crippen molar-refractivity contribution in [3.8, 4) is 5.82 Å². The number of H-pyrrole nitrogens is 1. The topological polar surface area (TPSA) is 92.7 Å². The summed E-state index contributed by atoms with van der Waals surface area (Å²) in [6.07, 6.45) is 6.56. The number of carbonyl (C=O) groups is 1. The first-order valence-corrected chi connectivity index (χ1v) is 8.06. The molecule has 4 aromatic rings. The predicted octanol–water partition coefficient (Wildman–Crippen LogP) is 2.04. The van der Waals surface area contributed by atoms with E-state index in [9.17, 15) is 9.59 Å². The van der Waals surface area contributed by atoms with Gasteiger partial charge in [0.2, 0.25) is 5.43 Å². The van der Waals surface area contributed by atoms with Crippen LogP contribution in [0.2, 0.25) is 0 Å². The minimum Gasteiger partial charge on any atom is -0.360 e. The SMILES string of the molecule is O=C(NCc1ccnc(-n2cccn2)c1)c1c[nH]c2ccccc2c1=O. The molecule has 2 N–H and O–H groups in total. The maximum absolute atomic E-state index is 12.5. The Balaban J connectivity index is 1.54. The molecule has 3 heterocycles. The van der Waals surface area contributed by atoms with Crippen LogP contribution in [0.25, 0.3) is 16.7 Å². The molecule has 7 nitrogen and oxygen atoms in total. The lowest BCUT2D eigenvalue weighted by atomic mass is 10.1. The third kappa shape index (κ3) is 2.98. The van der Waals surface area contributed by atoms with Crippen molar-refractivity contribution < 1.29 is 4.79 Å². The van der Waals surface area contributed by atoms with Gasteiger partial charge >= 0.3 is 0 Å². The second-order valence-corrected chi connectivity index (χ2v) is 5.73. The number of pyridine rings is 2. The molecule has 3 aromatic heterocycles. The zero-order valence-corrected chi connectivity index (χ0v) is 13.7.